The lowest BCUT2D eigenvalue weighted by Gasteiger charge is -2.17. The van der Waals surface area contributed by atoms with Crippen LogP contribution < -0.4 is 15.4 Å². The van der Waals surface area contributed by atoms with E-state index in [9.17, 15) is 9.59 Å². The normalized spacial score (nSPS) is 12.2. The molecule has 2 amide bonds. The number of rotatable bonds is 8. The zero-order valence-corrected chi connectivity index (χ0v) is 17.8. The van der Waals surface area contributed by atoms with E-state index in [1.807, 2.05) is 51.1 Å². The number of ether oxygens (including phenoxy) is 1. The topological polar surface area (TPSA) is 80.6 Å². The van der Waals surface area contributed by atoms with Crippen LogP contribution in [-0.4, -0.2) is 24.5 Å². The molecular weight excluding hydrogens is 392 g/mol. The van der Waals surface area contributed by atoms with Crippen molar-refractivity contribution in [3.63, 3.8) is 0 Å². The first-order valence-electron chi connectivity index (χ1n) is 10.0. The molecule has 0 spiro atoms. The number of para-hydroxylation sites is 1. The third-order valence-corrected chi connectivity index (χ3v) is 4.56. The molecule has 0 aliphatic carbocycles. The van der Waals surface area contributed by atoms with Crippen molar-refractivity contribution in [1.82, 2.24) is 10.6 Å². The third-order valence-electron chi connectivity index (χ3n) is 4.56. The largest absolute Gasteiger partial charge is 0.491 e. The van der Waals surface area contributed by atoms with E-state index < -0.39 is 5.91 Å². The molecular formula is C25H26N2O4. The van der Waals surface area contributed by atoms with Gasteiger partial charge in [-0.25, -0.2) is 0 Å². The third kappa shape index (κ3) is 6.34. The van der Waals surface area contributed by atoms with Crippen LogP contribution in [0.15, 0.2) is 77.0 Å². The van der Waals surface area contributed by atoms with E-state index in [1.54, 1.807) is 30.3 Å². The summed E-state index contributed by atoms with van der Waals surface area (Å²) in [7, 11) is 0. The highest BCUT2D eigenvalue weighted by Crippen LogP contribution is 2.16. The second kappa shape index (κ2) is 10.3. The van der Waals surface area contributed by atoms with Gasteiger partial charge in [0.05, 0.1) is 12.3 Å². The molecule has 0 aliphatic heterocycles. The lowest BCUT2D eigenvalue weighted by Crippen LogP contribution is -2.41. The number of hydrogen-bond donors (Lipinski definition) is 2. The summed E-state index contributed by atoms with van der Waals surface area (Å²) < 4.78 is 11.1. The monoisotopic (exact) mass is 418 g/mol. The van der Waals surface area contributed by atoms with Gasteiger partial charge >= 0.3 is 0 Å². The van der Waals surface area contributed by atoms with Crippen molar-refractivity contribution in [1.29, 1.82) is 0 Å². The molecule has 3 aromatic rings. The zero-order chi connectivity index (χ0) is 22.2. The van der Waals surface area contributed by atoms with Crippen LogP contribution in [0.4, 0.5) is 0 Å². The molecule has 6 nitrogen and oxygen atoms in total. The van der Waals surface area contributed by atoms with Gasteiger partial charge in [-0.1, -0.05) is 35.9 Å². The van der Waals surface area contributed by atoms with Crippen molar-refractivity contribution in [2.75, 3.05) is 6.61 Å². The Morgan fingerprint density at radius 3 is 2.58 bits per heavy atom. The van der Waals surface area contributed by atoms with E-state index in [4.69, 9.17) is 9.15 Å². The molecule has 0 aliphatic rings. The van der Waals surface area contributed by atoms with Crippen LogP contribution in [0.3, 0.4) is 0 Å². The number of carbonyl (C=O) groups excluding carboxylic acids is 2. The Balaban J connectivity index is 1.69. The smallest absolute Gasteiger partial charge is 0.268 e. The maximum absolute atomic E-state index is 12.9. The molecule has 0 saturated heterocycles. The summed E-state index contributed by atoms with van der Waals surface area (Å²) in [5, 5.41) is 5.56. The van der Waals surface area contributed by atoms with Crippen LogP contribution >= 0.6 is 0 Å². The van der Waals surface area contributed by atoms with Gasteiger partial charge in [-0.3, -0.25) is 9.59 Å². The fraction of sp³-hybridized carbons (Fsp3) is 0.200. The number of aryl methyl sites for hydroxylation is 2. The predicted octanol–water partition coefficient (Wildman–Crippen LogP) is 4.25. The first-order valence-corrected chi connectivity index (χ1v) is 10.0. The van der Waals surface area contributed by atoms with Crippen LogP contribution in [0.2, 0.25) is 0 Å². The highest BCUT2D eigenvalue weighted by Gasteiger charge is 2.18. The Morgan fingerprint density at radius 1 is 1.06 bits per heavy atom. The molecule has 3 rings (SSSR count). The second-order valence-electron chi connectivity index (χ2n) is 7.35. The molecule has 160 valence electrons. The number of hydrogen-bond acceptors (Lipinski definition) is 4. The summed E-state index contributed by atoms with van der Waals surface area (Å²) in [5.41, 5.74) is 2.53. The van der Waals surface area contributed by atoms with E-state index in [0.29, 0.717) is 11.3 Å². The number of benzene rings is 2. The average Bonchev–Trinajstić information content (AvgIpc) is 3.26. The highest BCUT2D eigenvalue weighted by atomic mass is 16.5. The minimum absolute atomic E-state index is 0.0872. The van der Waals surface area contributed by atoms with Gasteiger partial charge in [0, 0.05) is 11.6 Å². The molecule has 31 heavy (non-hydrogen) atoms. The summed E-state index contributed by atoms with van der Waals surface area (Å²) in [6.07, 6.45) is 3.00. The fourth-order valence-corrected chi connectivity index (χ4v) is 2.93. The summed E-state index contributed by atoms with van der Waals surface area (Å²) in [5.74, 6) is 0.417. The first-order chi connectivity index (χ1) is 14.9. The highest BCUT2D eigenvalue weighted by molar-refractivity contribution is 6.05. The molecule has 0 bridgehead atoms. The zero-order valence-electron chi connectivity index (χ0n) is 17.8. The number of furan rings is 1. The van der Waals surface area contributed by atoms with Gasteiger partial charge in [-0.15, -0.1) is 0 Å². The quantitative estimate of drug-likeness (QED) is 0.536. The van der Waals surface area contributed by atoms with Crippen molar-refractivity contribution < 1.29 is 18.7 Å². The summed E-state index contributed by atoms with van der Waals surface area (Å²) >= 11 is 0. The van der Waals surface area contributed by atoms with Crippen molar-refractivity contribution >= 4 is 17.9 Å². The van der Waals surface area contributed by atoms with Gasteiger partial charge in [0.15, 0.2) is 0 Å². The van der Waals surface area contributed by atoms with E-state index >= 15 is 0 Å². The molecule has 2 N–H and O–H groups in total. The summed E-state index contributed by atoms with van der Waals surface area (Å²) in [6.45, 7) is 5.99. The average molecular weight is 418 g/mol. The molecule has 1 atom stereocenters. The van der Waals surface area contributed by atoms with Crippen LogP contribution in [0.5, 0.6) is 5.75 Å². The lowest BCUT2D eigenvalue weighted by atomic mass is 10.1. The minimum Gasteiger partial charge on any atom is -0.491 e. The van der Waals surface area contributed by atoms with Crippen LogP contribution in [0, 0.1) is 13.8 Å². The maximum atomic E-state index is 12.9. The van der Waals surface area contributed by atoms with Crippen LogP contribution in [0.1, 0.15) is 34.2 Å². The molecule has 1 aromatic heterocycles. The van der Waals surface area contributed by atoms with E-state index in [2.05, 4.69) is 10.6 Å². The standard InChI is InChI=1S/C25H26N2O4/c1-17-8-6-10-20(14-17)24(28)27-22(15-21-11-7-13-30-21)25(29)26-19(3)16-31-23-12-5-4-9-18(23)2/h4-15,19H,16H2,1-3H3,(H,26,29)(H,27,28)/b22-15-/t19-/m0/s1. The first kappa shape index (κ1) is 21.9. The van der Waals surface area contributed by atoms with Gasteiger partial charge in [-0.2, -0.15) is 0 Å². The molecule has 0 radical (unpaired) electrons. The van der Waals surface area contributed by atoms with Gasteiger partial charge in [-0.05, 0) is 56.7 Å². The SMILES string of the molecule is Cc1cccc(C(=O)N/C(=C\c2ccco2)C(=O)N[C@@H](C)COc2ccccc2C)c1. The van der Waals surface area contributed by atoms with E-state index in [-0.39, 0.29) is 24.3 Å². The number of nitrogens with one attached hydrogen (secondary N) is 2. The molecule has 1 heterocycles. The molecule has 0 saturated carbocycles. The minimum atomic E-state index is -0.432. The van der Waals surface area contributed by atoms with Crippen molar-refractivity contribution in [3.05, 3.63) is 95.1 Å². The van der Waals surface area contributed by atoms with Crippen LogP contribution in [0.25, 0.3) is 6.08 Å². The Bertz CT molecular complexity index is 1070. The summed E-state index contributed by atoms with van der Waals surface area (Å²) in [4.78, 5) is 25.6. The molecule has 0 unspecified atom stereocenters. The molecule has 2 aromatic carbocycles. The van der Waals surface area contributed by atoms with Gasteiger partial charge in [0.25, 0.3) is 11.8 Å². The van der Waals surface area contributed by atoms with Crippen molar-refractivity contribution in [3.8, 4) is 5.75 Å². The Labute approximate surface area is 181 Å². The summed E-state index contributed by atoms with van der Waals surface area (Å²) in [6, 6.07) is 18.0. The molecule has 0 fully saturated rings. The van der Waals surface area contributed by atoms with Crippen molar-refractivity contribution in [2.45, 2.75) is 26.8 Å². The van der Waals surface area contributed by atoms with Crippen molar-refractivity contribution in [2.24, 2.45) is 0 Å². The number of amides is 2. The Hall–Kier alpha value is -3.80. The van der Waals surface area contributed by atoms with Gasteiger partial charge in [0.1, 0.15) is 23.8 Å². The lowest BCUT2D eigenvalue weighted by molar-refractivity contribution is -0.118. The second-order valence-corrected chi connectivity index (χ2v) is 7.35. The maximum Gasteiger partial charge on any atom is 0.268 e. The van der Waals surface area contributed by atoms with Gasteiger partial charge in [0.2, 0.25) is 0 Å². The fourth-order valence-electron chi connectivity index (χ4n) is 2.93. The molecule has 6 heteroatoms. The Morgan fingerprint density at radius 2 is 1.87 bits per heavy atom. The van der Waals surface area contributed by atoms with E-state index in [0.717, 1.165) is 16.9 Å². The van der Waals surface area contributed by atoms with Gasteiger partial charge < -0.3 is 19.8 Å². The predicted molar refractivity (Wildman–Crippen MR) is 120 cm³/mol. The Kier molecular flexibility index (Phi) is 7.27. The van der Waals surface area contributed by atoms with Crippen LogP contribution in [-0.2, 0) is 4.79 Å². The van der Waals surface area contributed by atoms with E-state index in [1.165, 1.54) is 12.3 Å². The number of carbonyl (C=O) groups is 2.